The number of hydrogen-bond donors (Lipinski definition) is 1. The van der Waals surface area contributed by atoms with Crippen LogP contribution in [0.25, 0.3) is 5.69 Å². The van der Waals surface area contributed by atoms with Gasteiger partial charge in [0, 0.05) is 6.20 Å². The Bertz CT molecular complexity index is 503. The Balaban J connectivity index is 2.47. The smallest absolute Gasteiger partial charge is 0.0890 e. The summed E-state index contributed by atoms with van der Waals surface area (Å²) in [6, 6.07) is 7.53. The molecule has 1 aromatic heterocycles. The number of nitrogens with two attached hydrogens (primary N) is 1. The summed E-state index contributed by atoms with van der Waals surface area (Å²) in [6.07, 6.45) is 1.90. The van der Waals surface area contributed by atoms with Gasteiger partial charge in [0.2, 0.25) is 0 Å². The van der Waals surface area contributed by atoms with Crippen LogP contribution >= 0.6 is 11.6 Å². The highest BCUT2D eigenvalue weighted by atomic mass is 35.5. The number of aromatic nitrogens is 2. The topological polar surface area (TPSA) is 43.8 Å². The first-order valence-electron chi connectivity index (χ1n) is 5.19. The summed E-state index contributed by atoms with van der Waals surface area (Å²) in [5.74, 6) is 0.404. The fraction of sp³-hybridized carbons (Fsp3) is 0.250. The number of rotatable bonds is 2. The molecule has 84 valence electrons. The minimum absolute atomic E-state index is 0.404. The molecule has 0 saturated heterocycles. The lowest BCUT2D eigenvalue weighted by Gasteiger charge is -2.07. The largest absolute Gasteiger partial charge is 0.396 e. The zero-order chi connectivity index (χ0) is 11.7. The van der Waals surface area contributed by atoms with Crippen LogP contribution in [-0.2, 0) is 0 Å². The summed E-state index contributed by atoms with van der Waals surface area (Å²) in [6.45, 7) is 4.21. The van der Waals surface area contributed by atoms with Gasteiger partial charge >= 0.3 is 0 Å². The van der Waals surface area contributed by atoms with Crippen molar-refractivity contribution in [2.75, 3.05) is 5.73 Å². The van der Waals surface area contributed by atoms with Gasteiger partial charge < -0.3 is 5.73 Å². The molecule has 1 aromatic carbocycles. The minimum atomic E-state index is 0.404. The summed E-state index contributed by atoms with van der Waals surface area (Å²) >= 11 is 5.97. The lowest BCUT2D eigenvalue weighted by atomic mass is 10.1. The maximum absolute atomic E-state index is 5.97. The number of nitrogen functional groups attached to an aromatic ring is 1. The molecule has 0 spiro atoms. The van der Waals surface area contributed by atoms with E-state index in [1.54, 1.807) is 10.7 Å². The molecule has 0 amide bonds. The Labute approximate surface area is 99.8 Å². The standard InChI is InChI=1S/C12H14ClN3/c1-8(2)10-6-7-16(15-10)11-5-3-4-9(13)12(11)14/h3-8H,14H2,1-2H3. The van der Waals surface area contributed by atoms with E-state index in [2.05, 4.69) is 18.9 Å². The van der Waals surface area contributed by atoms with E-state index in [-0.39, 0.29) is 0 Å². The van der Waals surface area contributed by atoms with E-state index < -0.39 is 0 Å². The van der Waals surface area contributed by atoms with Crippen LogP contribution in [0.4, 0.5) is 5.69 Å². The number of para-hydroxylation sites is 1. The summed E-state index contributed by atoms with van der Waals surface area (Å²) in [5, 5.41) is 5.01. The Hall–Kier alpha value is -1.48. The molecule has 0 aliphatic heterocycles. The monoisotopic (exact) mass is 235 g/mol. The number of benzene rings is 1. The summed E-state index contributed by atoms with van der Waals surface area (Å²) < 4.78 is 1.76. The predicted molar refractivity (Wildman–Crippen MR) is 67.1 cm³/mol. The summed E-state index contributed by atoms with van der Waals surface area (Å²) in [5.41, 5.74) is 8.33. The molecule has 0 saturated carbocycles. The second-order valence-corrected chi connectivity index (χ2v) is 4.42. The van der Waals surface area contributed by atoms with E-state index in [0.717, 1.165) is 11.4 Å². The van der Waals surface area contributed by atoms with Gasteiger partial charge in [-0.15, -0.1) is 0 Å². The summed E-state index contributed by atoms with van der Waals surface area (Å²) in [7, 11) is 0. The van der Waals surface area contributed by atoms with Gasteiger partial charge in [-0.05, 0) is 24.1 Å². The molecule has 4 heteroatoms. The van der Waals surface area contributed by atoms with E-state index in [1.165, 1.54) is 0 Å². The first-order chi connectivity index (χ1) is 7.59. The van der Waals surface area contributed by atoms with Gasteiger partial charge in [0.05, 0.1) is 22.1 Å². The fourth-order valence-corrected chi connectivity index (χ4v) is 1.68. The van der Waals surface area contributed by atoms with Gasteiger partial charge in [-0.1, -0.05) is 31.5 Å². The van der Waals surface area contributed by atoms with Gasteiger partial charge in [0.15, 0.2) is 0 Å². The average Bonchev–Trinajstić information content (AvgIpc) is 2.71. The van der Waals surface area contributed by atoms with Crippen molar-refractivity contribution in [1.29, 1.82) is 0 Å². The van der Waals surface area contributed by atoms with E-state index in [0.29, 0.717) is 16.6 Å². The van der Waals surface area contributed by atoms with E-state index in [4.69, 9.17) is 17.3 Å². The van der Waals surface area contributed by atoms with Crippen LogP contribution in [0.1, 0.15) is 25.5 Å². The average molecular weight is 236 g/mol. The first-order valence-corrected chi connectivity index (χ1v) is 5.57. The molecule has 0 radical (unpaired) electrons. The molecular formula is C12H14ClN3. The van der Waals surface area contributed by atoms with Gasteiger partial charge in [0.25, 0.3) is 0 Å². The van der Waals surface area contributed by atoms with Crippen LogP contribution in [0.3, 0.4) is 0 Å². The van der Waals surface area contributed by atoms with E-state index in [9.17, 15) is 0 Å². The second-order valence-electron chi connectivity index (χ2n) is 4.01. The Kier molecular flexibility index (Phi) is 2.88. The third kappa shape index (κ3) is 1.91. The molecule has 0 aliphatic carbocycles. The number of hydrogen-bond acceptors (Lipinski definition) is 2. The van der Waals surface area contributed by atoms with E-state index in [1.807, 2.05) is 24.4 Å². The van der Waals surface area contributed by atoms with Crippen molar-refractivity contribution < 1.29 is 0 Å². The molecule has 0 fully saturated rings. The zero-order valence-electron chi connectivity index (χ0n) is 9.31. The lowest BCUT2D eigenvalue weighted by Crippen LogP contribution is -2.01. The van der Waals surface area contributed by atoms with Crippen LogP contribution in [0.2, 0.25) is 5.02 Å². The Morgan fingerprint density at radius 3 is 2.69 bits per heavy atom. The van der Waals surface area contributed by atoms with Crippen molar-refractivity contribution in [1.82, 2.24) is 9.78 Å². The van der Waals surface area contributed by atoms with Crippen molar-refractivity contribution >= 4 is 17.3 Å². The molecule has 3 nitrogen and oxygen atoms in total. The Morgan fingerprint density at radius 2 is 2.06 bits per heavy atom. The fourth-order valence-electron chi connectivity index (χ4n) is 1.51. The quantitative estimate of drug-likeness (QED) is 0.813. The van der Waals surface area contributed by atoms with Crippen LogP contribution in [0.15, 0.2) is 30.5 Å². The number of anilines is 1. The lowest BCUT2D eigenvalue weighted by molar-refractivity contribution is 0.769. The van der Waals surface area contributed by atoms with Gasteiger partial charge in [-0.25, -0.2) is 4.68 Å². The molecule has 0 atom stereocenters. The zero-order valence-corrected chi connectivity index (χ0v) is 10.1. The molecule has 2 N–H and O–H groups in total. The highest BCUT2D eigenvalue weighted by Gasteiger charge is 2.08. The highest BCUT2D eigenvalue weighted by Crippen LogP contribution is 2.25. The van der Waals surface area contributed by atoms with Crippen LogP contribution in [0.5, 0.6) is 0 Å². The molecule has 0 bridgehead atoms. The first kappa shape index (κ1) is 11.0. The molecule has 0 aliphatic rings. The summed E-state index contributed by atoms with van der Waals surface area (Å²) in [4.78, 5) is 0. The molecule has 2 rings (SSSR count). The third-order valence-corrected chi connectivity index (χ3v) is 2.81. The molecule has 0 unspecified atom stereocenters. The van der Waals surface area contributed by atoms with Crippen molar-refractivity contribution in [2.45, 2.75) is 19.8 Å². The molecule has 1 heterocycles. The maximum atomic E-state index is 5.97. The van der Waals surface area contributed by atoms with Gasteiger partial charge in [-0.3, -0.25) is 0 Å². The normalized spacial score (nSPS) is 11.0. The van der Waals surface area contributed by atoms with Crippen molar-refractivity contribution in [3.8, 4) is 5.69 Å². The molecule has 2 aromatic rings. The Morgan fingerprint density at radius 1 is 1.31 bits per heavy atom. The van der Waals surface area contributed by atoms with Crippen LogP contribution in [0, 0.1) is 0 Å². The second kappa shape index (κ2) is 4.18. The van der Waals surface area contributed by atoms with Crippen LogP contribution < -0.4 is 5.73 Å². The SMILES string of the molecule is CC(C)c1ccn(-c2cccc(Cl)c2N)n1. The molecular weight excluding hydrogens is 222 g/mol. The molecule has 16 heavy (non-hydrogen) atoms. The van der Waals surface area contributed by atoms with Crippen molar-refractivity contribution in [3.63, 3.8) is 0 Å². The third-order valence-electron chi connectivity index (χ3n) is 2.48. The van der Waals surface area contributed by atoms with E-state index >= 15 is 0 Å². The minimum Gasteiger partial charge on any atom is -0.396 e. The van der Waals surface area contributed by atoms with Crippen molar-refractivity contribution in [3.05, 3.63) is 41.2 Å². The number of halogens is 1. The maximum Gasteiger partial charge on any atom is 0.0890 e. The van der Waals surface area contributed by atoms with Crippen molar-refractivity contribution in [2.24, 2.45) is 0 Å². The van der Waals surface area contributed by atoms with Crippen LogP contribution in [-0.4, -0.2) is 9.78 Å². The number of nitrogens with zero attached hydrogens (tertiary/aromatic N) is 2. The highest BCUT2D eigenvalue weighted by molar-refractivity contribution is 6.33. The predicted octanol–water partition coefficient (Wildman–Crippen LogP) is 3.23. The van der Waals surface area contributed by atoms with Gasteiger partial charge in [-0.2, -0.15) is 5.10 Å². The van der Waals surface area contributed by atoms with Gasteiger partial charge in [0.1, 0.15) is 0 Å².